The zero-order valence-electron chi connectivity index (χ0n) is 24.7. The molecule has 0 saturated carbocycles. The highest BCUT2D eigenvalue weighted by atomic mass is 14.8. The summed E-state index contributed by atoms with van der Waals surface area (Å²) in [5, 5.41) is 0. The van der Waals surface area contributed by atoms with Gasteiger partial charge in [-0.1, -0.05) is 47.9 Å². The Hall–Kier alpha value is -6.69. The molecule has 5 heterocycles. The average molecular weight is 588 g/mol. The minimum atomic E-state index is 0.747. The topological polar surface area (TPSA) is 64.5 Å². The van der Waals surface area contributed by atoms with Crippen LogP contribution in [-0.2, 0) is 0 Å². The first-order valence-corrected chi connectivity index (χ1v) is 14.7. The van der Waals surface area contributed by atoms with Crippen molar-refractivity contribution in [1.29, 1.82) is 0 Å². The second kappa shape index (κ2) is 13.3. The van der Waals surface area contributed by atoms with Gasteiger partial charge in [0.15, 0.2) is 0 Å². The van der Waals surface area contributed by atoms with Gasteiger partial charge in [-0.05, 0) is 103 Å². The minimum Gasteiger partial charge on any atom is -0.256 e. The first-order valence-electron chi connectivity index (χ1n) is 14.7. The molecule has 5 heteroatoms. The van der Waals surface area contributed by atoms with E-state index in [1.807, 2.05) is 109 Å². The van der Waals surface area contributed by atoms with Gasteiger partial charge < -0.3 is 0 Å². The Bertz CT molecular complexity index is 1950. The molecule has 0 saturated heterocycles. The molecule has 5 aromatic heterocycles. The summed E-state index contributed by atoms with van der Waals surface area (Å²) in [6.07, 6.45) is 7.12. The summed E-state index contributed by atoms with van der Waals surface area (Å²) >= 11 is 0. The van der Waals surface area contributed by atoms with Gasteiger partial charge in [0.1, 0.15) is 0 Å². The molecule has 0 aliphatic heterocycles. The predicted molar refractivity (Wildman–Crippen MR) is 182 cm³/mol. The van der Waals surface area contributed by atoms with Gasteiger partial charge in [0.2, 0.25) is 0 Å². The van der Waals surface area contributed by atoms with Crippen LogP contribution in [0.4, 0.5) is 0 Å². The molecule has 0 aliphatic rings. The van der Waals surface area contributed by atoms with Gasteiger partial charge in [-0.2, -0.15) is 0 Å². The van der Waals surface area contributed by atoms with Crippen LogP contribution in [-0.4, -0.2) is 24.9 Å². The molecular weight excluding hydrogens is 562 g/mol. The van der Waals surface area contributed by atoms with Gasteiger partial charge in [-0.25, -0.2) is 4.98 Å². The average Bonchev–Trinajstić information content (AvgIpc) is 3.15. The van der Waals surface area contributed by atoms with E-state index in [2.05, 4.69) is 61.8 Å². The monoisotopic (exact) mass is 587 g/mol. The molecule has 0 amide bonds. The van der Waals surface area contributed by atoms with Crippen molar-refractivity contribution in [3.05, 3.63) is 174 Å². The molecule has 0 radical (unpaired) electrons. The Balaban J connectivity index is 1.17. The third-order valence-electron chi connectivity index (χ3n) is 7.12. The van der Waals surface area contributed by atoms with E-state index in [0.717, 1.165) is 67.5 Å². The smallest absolute Gasteiger partial charge is 0.0906 e. The summed E-state index contributed by atoms with van der Waals surface area (Å²) in [5.41, 5.74) is 10.3. The van der Waals surface area contributed by atoms with Crippen LogP contribution in [0.1, 0.15) is 22.3 Å². The molecular formula is C41H25N5. The van der Waals surface area contributed by atoms with Crippen molar-refractivity contribution in [3.8, 4) is 69.0 Å². The van der Waals surface area contributed by atoms with E-state index >= 15 is 0 Å². The van der Waals surface area contributed by atoms with Crippen molar-refractivity contribution in [2.45, 2.75) is 0 Å². The van der Waals surface area contributed by atoms with Crippen LogP contribution in [0.3, 0.4) is 0 Å². The summed E-state index contributed by atoms with van der Waals surface area (Å²) in [7, 11) is 0. The lowest BCUT2D eigenvalue weighted by Crippen LogP contribution is -1.93. The Labute approximate surface area is 267 Å². The Morgan fingerprint density at radius 1 is 0.304 bits per heavy atom. The molecule has 7 rings (SSSR count). The molecule has 7 aromatic rings. The second-order valence-electron chi connectivity index (χ2n) is 10.4. The molecule has 214 valence electrons. The summed E-state index contributed by atoms with van der Waals surface area (Å²) in [5.74, 6) is 13.2. The summed E-state index contributed by atoms with van der Waals surface area (Å²) in [6.45, 7) is 0. The minimum absolute atomic E-state index is 0.747. The molecule has 5 nitrogen and oxygen atoms in total. The molecule has 2 aromatic carbocycles. The van der Waals surface area contributed by atoms with E-state index in [-0.39, 0.29) is 0 Å². The molecule has 0 N–H and O–H groups in total. The van der Waals surface area contributed by atoms with Crippen molar-refractivity contribution < 1.29 is 0 Å². The highest BCUT2D eigenvalue weighted by molar-refractivity contribution is 5.72. The Morgan fingerprint density at radius 3 is 1.07 bits per heavy atom. The normalized spacial score (nSPS) is 10.3. The van der Waals surface area contributed by atoms with Crippen molar-refractivity contribution >= 4 is 0 Å². The van der Waals surface area contributed by atoms with Crippen molar-refractivity contribution in [2.24, 2.45) is 0 Å². The number of hydrogen-bond acceptors (Lipinski definition) is 5. The quantitative estimate of drug-likeness (QED) is 0.195. The fraction of sp³-hybridized carbons (Fsp3) is 0. The van der Waals surface area contributed by atoms with Gasteiger partial charge in [-0.3, -0.25) is 19.9 Å². The lowest BCUT2D eigenvalue weighted by molar-refractivity contribution is 1.21. The van der Waals surface area contributed by atoms with Gasteiger partial charge in [0.05, 0.1) is 34.2 Å². The van der Waals surface area contributed by atoms with Crippen LogP contribution in [0.15, 0.2) is 152 Å². The van der Waals surface area contributed by atoms with E-state index in [4.69, 9.17) is 4.98 Å². The molecule has 0 unspecified atom stereocenters. The van der Waals surface area contributed by atoms with Crippen LogP contribution in [0.2, 0.25) is 0 Å². The third kappa shape index (κ3) is 6.76. The number of rotatable bonds is 4. The van der Waals surface area contributed by atoms with Gasteiger partial charge in [0, 0.05) is 58.2 Å². The van der Waals surface area contributed by atoms with Crippen LogP contribution >= 0.6 is 0 Å². The van der Waals surface area contributed by atoms with E-state index < -0.39 is 0 Å². The zero-order chi connectivity index (χ0) is 31.0. The molecule has 0 bridgehead atoms. The SMILES string of the molecule is C(#Cc1cc(-c2ccccn2)cc(-c2ccccn2)c1)c1ccc(C#Cc2cc(-c3ccccn3)nc(-c3ccccn3)c2)cc1. The van der Waals surface area contributed by atoms with Crippen molar-refractivity contribution in [2.75, 3.05) is 0 Å². The Morgan fingerprint density at radius 2 is 0.674 bits per heavy atom. The zero-order valence-corrected chi connectivity index (χ0v) is 24.7. The summed E-state index contributed by atoms with van der Waals surface area (Å²) in [4.78, 5) is 22.9. The third-order valence-corrected chi connectivity index (χ3v) is 7.12. The number of nitrogens with zero attached hydrogens (tertiary/aromatic N) is 5. The van der Waals surface area contributed by atoms with E-state index in [9.17, 15) is 0 Å². The lowest BCUT2D eigenvalue weighted by Gasteiger charge is -2.07. The fourth-order valence-electron chi connectivity index (χ4n) is 4.88. The summed E-state index contributed by atoms with van der Waals surface area (Å²) < 4.78 is 0. The van der Waals surface area contributed by atoms with Crippen LogP contribution < -0.4 is 0 Å². The van der Waals surface area contributed by atoms with Crippen molar-refractivity contribution in [3.63, 3.8) is 0 Å². The second-order valence-corrected chi connectivity index (χ2v) is 10.4. The van der Waals surface area contributed by atoms with E-state index in [1.54, 1.807) is 24.8 Å². The molecule has 0 atom stereocenters. The van der Waals surface area contributed by atoms with Crippen molar-refractivity contribution in [1.82, 2.24) is 24.9 Å². The van der Waals surface area contributed by atoms with E-state index in [1.165, 1.54) is 0 Å². The number of aromatic nitrogens is 5. The number of pyridine rings is 5. The largest absolute Gasteiger partial charge is 0.256 e. The fourth-order valence-corrected chi connectivity index (χ4v) is 4.88. The standard InChI is InChI=1S/C41H25N5/c1-5-21-42-36(9-1)34-25-32(26-35(29-34)37-10-2-6-22-43-37)19-17-30-13-15-31(16-14-30)18-20-33-27-40(38-11-3-7-23-44-38)46-41(28-33)39-12-4-8-24-45-39/h1-16,21-29H. The van der Waals surface area contributed by atoms with Gasteiger partial charge in [-0.15, -0.1) is 0 Å². The number of benzene rings is 2. The predicted octanol–water partition coefficient (Wildman–Crippen LogP) is 8.13. The first kappa shape index (κ1) is 28.1. The van der Waals surface area contributed by atoms with Crippen LogP contribution in [0.25, 0.3) is 45.3 Å². The molecule has 0 spiro atoms. The van der Waals surface area contributed by atoms with Crippen LogP contribution in [0.5, 0.6) is 0 Å². The summed E-state index contributed by atoms with van der Waals surface area (Å²) in [6, 6.07) is 41.5. The molecule has 0 aliphatic carbocycles. The first-order chi connectivity index (χ1) is 22.8. The maximum absolute atomic E-state index is 4.82. The molecule has 0 fully saturated rings. The highest BCUT2D eigenvalue weighted by Crippen LogP contribution is 2.26. The van der Waals surface area contributed by atoms with Gasteiger partial charge in [0.25, 0.3) is 0 Å². The maximum atomic E-state index is 4.82. The van der Waals surface area contributed by atoms with E-state index in [0.29, 0.717) is 0 Å². The maximum Gasteiger partial charge on any atom is 0.0906 e. The lowest BCUT2D eigenvalue weighted by atomic mass is 10.0. The van der Waals surface area contributed by atoms with Crippen LogP contribution in [0, 0.1) is 23.7 Å². The van der Waals surface area contributed by atoms with Gasteiger partial charge >= 0.3 is 0 Å². The molecule has 46 heavy (non-hydrogen) atoms. The highest BCUT2D eigenvalue weighted by Gasteiger charge is 2.09. The number of hydrogen-bond donors (Lipinski definition) is 0. The Kier molecular flexibility index (Phi) is 8.13.